The number of amides is 3. The molecule has 1 aromatic carbocycles. The second-order valence-corrected chi connectivity index (χ2v) is 4.48. The summed E-state index contributed by atoms with van der Waals surface area (Å²) in [6.45, 7) is 0.0123. The van der Waals surface area contributed by atoms with Gasteiger partial charge in [0.1, 0.15) is 0 Å². The Balaban J connectivity index is 2.14. The fraction of sp³-hybridized carbons (Fsp3) is 0.308. The molecule has 1 saturated heterocycles. The average molecular weight is 261 g/mol. The Labute approximate surface area is 110 Å². The molecule has 2 rings (SSSR count). The molecule has 100 valence electrons. The molecule has 6 nitrogen and oxygen atoms in total. The molecule has 3 N–H and O–H groups in total. The van der Waals surface area contributed by atoms with Crippen LogP contribution < -0.4 is 11.1 Å². The number of piperazine rings is 1. The van der Waals surface area contributed by atoms with Crippen molar-refractivity contribution in [2.24, 2.45) is 5.73 Å². The van der Waals surface area contributed by atoms with E-state index in [0.29, 0.717) is 6.42 Å². The first-order chi connectivity index (χ1) is 9.06. The van der Waals surface area contributed by atoms with Gasteiger partial charge in [0.05, 0.1) is 19.1 Å². The molecule has 0 spiro atoms. The summed E-state index contributed by atoms with van der Waals surface area (Å²) in [5, 5.41) is 2.20. The van der Waals surface area contributed by atoms with Gasteiger partial charge in [-0.25, -0.2) is 0 Å². The summed E-state index contributed by atoms with van der Waals surface area (Å²) in [5.74, 6) is -1.35. The maximum absolute atomic E-state index is 11.6. The second-order valence-electron chi connectivity index (χ2n) is 4.48. The first kappa shape index (κ1) is 13.2. The second kappa shape index (κ2) is 5.62. The van der Waals surface area contributed by atoms with Crippen LogP contribution in [-0.2, 0) is 20.8 Å². The number of imide groups is 1. The summed E-state index contributed by atoms with van der Waals surface area (Å²) in [5.41, 5.74) is 6.32. The lowest BCUT2D eigenvalue weighted by Crippen LogP contribution is -2.58. The lowest BCUT2D eigenvalue weighted by molar-refractivity contribution is -0.138. The van der Waals surface area contributed by atoms with Crippen LogP contribution in [0, 0.1) is 0 Å². The Bertz CT molecular complexity index is 485. The number of carbonyl (C=O) groups is 3. The van der Waals surface area contributed by atoms with Gasteiger partial charge in [-0.2, -0.15) is 0 Å². The molecule has 1 aliphatic heterocycles. The van der Waals surface area contributed by atoms with E-state index in [1.165, 1.54) is 4.90 Å². The summed E-state index contributed by atoms with van der Waals surface area (Å²) in [4.78, 5) is 35.7. The van der Waals surface area contributed by atoms with Gasteiger partial charge in [-0.15, -0.1) is 0 Å². The Morgan fingerprint density at radius 3 is 2.32 bits per heavy atom. The van der Waals surface area contributed by atoms with Gasteiger partial charge in [-0.05, 0) is 12.0 Å². The number of primary amides is 1. The van der Waals surface area contributed by atoms with Crippen LogP contribution in [0.5, 0.6) is 0 Å². The van der Waals surface area contributed by atoms with E-state index in [-0.39, 0.29) is 13.1 Å². The van der Waals surface area contributed by atoms with Crippen molar-refractivity contribution in [2.75, 3.05) is 13.1 Å². The molecule has 19 heavy (non-hydrogen) atoms. The van der Waals surface area contributed by atoms with Crippen molar-refractivity contribution in [1.82, 2.24) is 10.2 Å². The van der Waals surface area contributed by atoms with Crippen molar-refractivity contribution in [3.05, 3.63) is 35.9 Å². The number of nitrogens with two attached hydrogens (primary N) is 1. The third-order valence-corrected chi connectivity index (χ3v) is 3.01. The average Bonchev–Trinajstić information content (AvgIpc) is 2.35. The van der Waals surface area contributed by atoms with Crippen LogP contribution in [0.1, 0.15) is 5.56 Å². The Morgan fingerprint density at radius 1 is 1.21 bits per heavy atom. The molecule has 1 aromatic rings. The molecule has 0 radical (unpaired) electrons. The number of nitrogens with one attached hydrogen (secondary N) is 1. The molecule has 1 heterocycles. The van der Waals surface area contributed by atoms with Crippen molar-refractivity contribution in [1.29, 1.82) is 0 Å². The monoisotopic (exact) mass is 261 g/mol. The minimum Gasteiger partial charge on any atom is -0.368 e. The topological polar surface area (TPSA) is 92.5 Å². The fourth-order valence-corrected chi connectivity index (χ4v) is 2.13. The van der Waals surface area contributed by atoms with Crippen molar-refractivity contribution in [3.8, 4) is 0 Å². The number of benzene rings is 1. The standard InChI is InChI=1S/C13H15N3O3/c14-13(19)10(6-9-4-2-1-3-5-9)16-7-11(17)15-12(18)8-16/h1-5,10H,6-8H2,(H2,14,19)(H,15,17,18)/t10-/m0/s1. The van der Waals surface area contributed by atoms with Crippen LogP contribution in [0.4, 0.5) is 0 Å². The van der Waals surface area contributed by atoms with E-state index in [9.17, 15) is 14.4 Å². The molecule has 0 bridgehead atoms. The largest absolute Gasteiger partial charge is 0.368 e. The third-order valence-electron chi connectivity index (χ3n) is 3.01. The lowest BCUT2D eigenvalue weighted by atomic mass is 10.0. The zero-order valence-electron chi connectivity index (χ0n) is 10.3. The smallest absolute Gasteiger partial charge is 0.240 e. The normalized spacial score (nSPS) is 17.9. The van der Waals surface area contributed by atoms with Crippen molar-refractivity contribution >= 4 is 17.7 Å². The van der Waals surface area contributed by atoms with Crippen LogP contribution >= 0.6 is 0 Å². The highest BCUT2D eigenvalue weighted by atomic mass is 16.2. The summed E-state index contributed by atoms with van der Waals surface area (Å²) < 4.78 is 0. The zero-order chi connectivity index (χ0) is 13.8. The predicted molar refractivity (Wildman–Crippen MR) is 67.9 cm³/mol. The minimum absolute atomic E-state index is 0.00613. The lowest BCUT2D eigenvalue weighted by Gasteiger charge is -2.31. The molecule has 0 unspecified atom stereocenters. The van der Waals surface area contributed by atoms with Crippen molar-refractivity contribution in [2.45, 2.75) is 12.5 Å². The number of nitrogens with zero attached hydrogens (tertiary/aromatic N) is 1. The fourth-order valence-electron chi connectivity index (χ4n) is 2.13. The number of hydrogen-bond acceptors (Lipinski definition) is 4. The molecule has 0 aliphatic carbocycles. The molecule has 1 aliphatic rings. The third kappa shape index (κ3) is 3.38. The van der Waals surface area contributed by atoms with E-state index < -0.39 is 23.8 Å². The molecular weight excluding hydrogens is 246 g/mol. The zero-order valence-corrected chi connectivity index (χ0v) is 10.3. The number of rotatable bonds is 4. The molecular formula is C13H15N3O3. The summed E-state index contributed by atoms with van der Waals surface area (Å²) in [6, 6.07) is 8.70. The minimum atomic E-state index is -0.655. The molecule has 3 amide bonds. The highest BCUT2D eigenvalue weighted by Gasteiger charge is 2.31. The molecule has 6 heteroatoms. The summed E-state index contributed by atoms with van der Waals surface area (Å²) in [7, 11) is 0. The predicted octanol–water partition coefficient (Wildman–Crippen LogP) is -0.959. The van der Waals surface area contributed by atoms with Crippen LogP contribution in [0.3, 0.4) is 0 Å². The van der Waals surface area contributed by atoms with Crippen LogP contribution in [0.25, 0.3) is 0 Å². The quantitative estimate of drug-likeness (QED) is 0.683. The summed E-state index contributed by atoms with van der Waals surface area (Å²) in [6.07, 6.45) is 0.386. The molecule has 1 atom stereocenters. The van der Waals surface area contributed by atoms with Gasteiger partial charge < -0.3 is 5.73 Å². The molecule has 0 saturated carbocycles. The van der Waals surface area contributed by atoms with Gasteiger partial charge in [-0.1, -0.05) is 30.3 Å². The van der Waals surface area contributed by atoms with E-state index in [4.69, 9.17) is 5.73 Å². The van der Waals surface area contributed by atoms with E-state index in [1.807, 2.05) is 30.3 Å². The van der Waals surface area contributed by atoms with Gasteiger partial charge in [0, 0.05) is 0 Å². The van der Waals surface area contributed by atoms with Gasteiger partial charge in [0.15, 0.2) is 0 Å². The van der Waals surface area contributed by atoms with Crippen LogP contribution in [0.2, 0.25) is 0 Å². The molecule has 1 fully saturated rings. The van der Waals surface area contributed by atoms with Gasteiger partial charge in [-0.3, -0.25) is 24.6 Å². The number of hydrogen-bond donors (Lipinski definition) is 2. The molecule has 0 aromatic heterocycles. The maximum atomic E-state index is 11.6. The van der Waals surface area contributed by atoms with E-state index in [2.05, 4.69) is 5.32 Å². The van der Waals surface area contributed by atoms with Crippen molar-refractivity contribution < 1.29 is 14.4 Å². The van der Waals surface area contributed by atoms with Crippen LogP contribution in [0.15, 0.2) is 30.3 Å². The first-order valence-electron chi connectivity index (χ1n) is 5.96. The Hall–Kier alpha value is -2.21. The van der Waals surface area contributed by atoms with E-state index >= 15 is 0 Å². The van der Waals surface area contributed by atoms with Gasteiger partial charge >= 0.3 is 0 Å². The highest BCUT2D eigenvalue weighted by molar-refractivity contribution is 6.00. The summed E-state index contributed by atoms with van der Waals surface area (Å²) >= 11 is 0. The van der Waals surface area contributed by atoms with E-state index in [0.717, 1.165) is 5.56 Å². The van der Waals surface area contributed by atoms with Crippen LogP contribution in [-0.4, -0.2) is 41.8 Å². The van der Waals surface area contributed by atoms with E-state index in [1.54, 1.807) is 0 Å². The SMILES string of the molecule is NC(=O)[C@H](Cc1ccccc1)N1CC(=O)NC(=O)C1. The number of carbonyl (C=O) groups excluding carboxylic acids is 3. The Kier molecular flexibility index (Phi) is 3.91. The maximum Gasteiger partial charge on any atom is 0.240 e. The highest BCUT2D eigenvalue weighted by Crippen LogP contribution is 2.10. The first-order valence-corrected chi connectivity index (χ1v) is 5.96. The van der Waals surface area contributed by atoms with Crippen molar-refractivity contribution in [3.63, 3.8) is 0 Å². The van der Waals surface area contributed by atoms with Gasteiger partial charge in [0.2, 0.25) is 17.7 Å². The Morgan fingerprint density at radius 2 is 1.79 bits per heavy atom. The van der Waals surface area contributed by atoms with Gasteiger partial charge in [0.25, 0.3) is 0 Å².